The van der Waals surface area contributed by atoms with E-state index in [1.54, 1.807) is 4.90 Å². The van der Waals surface area contributed by atoms with Crippen LogP contribution >= 0.6 is 0 Å². The van der Waals surface area contributed by atoms with Crippen LogP contribution in [0.5, 0.6) is 0 Å². The van der Waals surface area contributed by atoms with Crippen LogP contribution in [0.1, 0.15) is 0 Å². The molecule has 1 rings (SSSR count). The monoisotopic (exact) mass is 101 g/mol. The third kappa shape index (κ3) is 0.718. The topological polar surface area (TPSA) is 40.3 Å². The van der Waals surface area contributed by atoms with Crippen molar-refractivity contribution in [2.24, 2.45) is 0 Å². The molecule has 7 heavy (non-hydrogen) atoms. The molecule has 1 heterocycles. The second kappa shape index (κ2) is 1.50. The summed E-state index contributed by atoms with van der Waals surface area (Å²) in [7, 11) is 0. The lowest BCUT2D eigenvalue weighted by Crippen LogP contribution is -2.01. The fraction of sp³-hybridized carbons (Fsp3) is 0.750. The highest BCUT2D eigenvalue weighted by Gasteiger charge is 2.30. The van der Waals surface area contributed by atoms with Gasteiger partial charge >= 0.3 is 0 Å². The van der Waals surface area contributed by atoms with Crippen LogP contribution in [0.2, 0.25) is 0 Å². The molecule has 3 nitrogen and oxygen atoms in total. The van der Waals surface area contributed by atoms with E-state index in [0.29, 0.717) is 0 Å². The first-order valence-electron chi connectivity index (χ1n) is 2.20. The number of rotatable bonds is 2. The van der Waals surface area contributed by atoms with E-state index in [2.05, 4.69) is 0 Å². The van der Waals surface area contributed by atoms with Gasteiger partial charge in [-0.2, -0.15) is 0 Å². The molecule has 0 aliphatic carbocycles. The smallest absolute Gasteiger partial charge is 0.210 e. The van der Waals surface area contributed by atoms with Gasteiger partial charge in [-0.25, -0.2) is 0 Å². The van der Waals surface area contributed by atoms with Crippen molar-refractivity contribution in [3.05, 3.63) is 0 Å². The number of aliphatic hydroxyl groups is 1. The first-order chi connectivity index (χ1) is 3.38. The summed E-state index contributed by atoms with van der Waals surface area (Å²) < 4.78 is 0. The zero-order valence-corrected chi connectivity index (χ0v) is 3.87. The van der Waals surface area contributed by atoms with Crippen molar-refractivity contribution in [3.8, 4) is 0 Å². The van der Waals surface area contributed by atoms with Crippen LogP contribution in [-0.4, -0.2) is 35.6 Å². The summed E-state index contributed by atoms with van der Waals surface area (Å²) in [5.41, 5.74) is 0. The second-order valence-electron chi connectivity index (χ2n) is 1.64. The van der Waals surface area contributed by atoms with Crippen LogP contribution < -0.4 is 0 Å². The summed E-state index contributed by atoms with van der Waals surface area (Å²) in [4.78, 5) is 11.3. The van der Waals surface area contributed by atoms with E-state index in [9.17, 15) is 4.79 Å². The van der Waals surface area contributed by atoms with Crippen molar-refractivity contribution < 1.29 is 9.90 Å². The Morgan fingerprint density at radius 3 is 2.86 bits per heavy atom. The molecule has 1 saturated heterocycles. The lowest BCUT2D eigenvalue weighted by molar-refractivity contribution is -0.114. The van der Waals surface area contributed by atoms with Gasteiger partial charge in [0.05, 0.1) is 12.6 Å². The van der Waals surface area contributed by atoms with Gasteiger partial charge in [-0.15, -0.1) is 0 Å². The molecule has 40 valence electrons. The van der Waals surface area contributed by atoms with Crippen LogP contribution in [-0.2, 0) is 4.79 Å². The van der Waals surface area contributed by atoms with E-state index < -0.39 is 0 Å². The zero-order valence-electron chi connectivity index (χ0n) is 3.87. The number of carbonyl (C=O) groups is 1. The van der Waals surface area contributed by atoms with Crippen LogP contribution in [0.25, 0.3) is 0 Å². The van der Waals surface area contributed by atoms with Gasteiger partial charge in [-0.3, -0.25) is 4.79 Å². The van der Waals surface area contributed by atoms with E-state index >= 15 is 0 Å². The SMILES string of the molecule is O=CN1CC1CO. The van der Waals surface area contributed by atoms with E-state index in [1.165, 1.54) is 0 Å². The molecular weight excluding hydrogens is 94.0 g/mol. The van der Waals surface area contributed by atoms with Crippen LogP contribution in [0.3, 0.4) is 0 Å². The zero-order chi connectivity index (χ0) is 5.28. The summed E-state index contributed by atoms with van der Waals surface area (Å²) in [6, 6.07) is 0.137. The molecule has 0 spiro atoms. The number of hydrogen-bond acceptors (Lipinski definition) is 2. The Labute approximate surface area is 41.5 Å². The summed E-state index contributed by atoms with van der Waals surface area (Å²) in [6.07, 6.45) is 0.751. The number of amides is 1. The van der Waals surface area contributed by atoms with Crippen molar-refractivity contribution in [1.29, 1.82) is 0 Å². The lowest BCUT2D eigenvalue weighted by atomic mass is 10.5. The Morgan fingerprint density at radius 2 is 2.71 bits per heavy atom. The molecule has 0 saturated carbocycles. The summed E-state index contributed by atoms with van der Waals surface area (Å²) in [6.45, 7) is 0.846. The largest absolute Gasteiger partial charge is 0.394 e. The maximum atomic E-state index is 9.75. The Hall–Kier alpha value is -0.570. The average Bonchev–Trinajstić information content (AvgIpc) is 2.43. The van der Waals surface area contributed by atoms with E-state index in [0.717, 1.165) is 13.0 Å². The quantitative estimate of drug-likeness (QED) is 0.351. The normalized spacial score (nSPS) is 27.6. The summed E-state index contributed by atoms with van der Waals surface area (Å²) >= 11 is 0. The molecule has 0 aromatic rings. The van der Waals surface area contributed by atoms with Gasteiger partial charge in [-0.05, 0) is 0 Å². The molecule has 1 aliphatic heterocycles. The van der Waals surface area contributed by atoms with Gasteiger partial charge < -0.3 is 10.0 Å². The molecule has 1 N–H and O–H groups in total. The van der Waals surface area contributed by atoms with Crippen molar-refractivity contribution >= 4 is 6.41 Å². The number of aliphatic hydroxyl groups excluding tert-OH is 1. The van der Waals surface area contributed by atoms with Crippen molar-refractivity contribution in [1.82, 2.24) is 4.90 Å². The van der Waals surface area contributed by atoms with Gasteiger partial charge in [0, 0.05) is 6.54 Å². The third-order valence-corrected chi connectivity index (χ3v) is 1.10. The van der Waals surface area contributed by atoms with Crippen LogP contribution in [0.4, 0.5) is 0 Å². The lowest BCUT2D eigenvalue weighted by Gasteiger charge is -1.84. The van der Waals surface area contributed by atoms with Gasteiger partial charge in [0.15, 0.2) is 0 Å². The van der Waals surface area contributed by atoms with Crippen LogP contribution in [0, 0.1) is 0 Å². The molecule has 1 atom stereocenters. The molecule has 3 heteroatoms. The van der Waals surface area contributed by atoms with Gasteiger partial charge in [0.1, 0.15) is 0 Å². The molecule has 0 aromatic carbocycles. The van der Waals surface area contributed by atoms with E-state index in [-0.39, 0.29) is 12.6 Å². The first-order valence-corrected chi connectivity index (χ1v) is 2.20. The molecule has 1 aliphatic rings. The molecule has 0 aromatic heterocycles. The minimum absolute atomic E-state index is 0.110. The Morgan fingerprint density at radius 1 is 2.00 bits per heavy atom. The fourth-order valence-corrected chi connectivity index (χ4v) is 0.488. The molecule has 1 fully saturated rings. The molecule has 1 amide bonds. The van der Waals surface area contributed by atoms with Crippen molar-refractivity contribution in [2.75, 3.05) is 13.2 Å². The van der Waals surface area contributed by atoms with E-state index in [1.807, 2.05) is 0 Å². The minimum atomic E-state index is 0.110. The molecular formula is C4H7NO2. The summed E-state index contributed by atoms with van der Waals surface area (Å²) in [5.74, 6) is 0. The Kier molecular flexibility index (Phi) is 0.982. The molecule has 0 radical (unpaired) electrons. The van der Waals surface area contributed by atoms with E-state index in [4.69, 9.17) is 5.11 Å². The number of carbonyl (C=O) groups excluding carboxylic acids is 1. The maximum Gasteiger partial charge on any atom is 0.210 e. The number of nitrogens with zero attached hydrogens (tertiary/aromatic N) is 1. The highest BCUT2D eigenvalue weighted by atomic mass is 16.3. The summed E-state index contributed by atoms with van der Waals surface area (Å²) in [5, 5.41) is 8.31. The second-order valence-corrected chi connectivity index (χ2v) is 1.64. The first kappa shape index (κ1) is 4.59. The number of hydrogen-bond donors (Lipinski definition) is 1. The highest BCUT2D eigenvalue weighted by molar-refractivity contribution is 5.52. The molecule has 0 bridgehead atoms. The highest BCUT2D eigenvalue weighted by Crippen LogP contribution is 2.11. The van der Waals surface area contributed by atoms with Crippen molar-refractivity contribution in [2.45, 2.75) is 6.04 Å². The Bertz CT molecular complexity index is 83.8. The Balaban J connectivity index is 2.17. The predicted molar refractivity (Wildman–Crippen MR) is 23.6 cm³/mol. The predicted octanol–water partition coefficient (Wildman–Crippen LogP) is -1.18. The average molecular weight is 101 g/mol. The fourth-order valence-electron chi connectivity index (χ4n) is 0.488. The van der Waals surface area contributed by atoms with Gasteiger partial charge in [0.2, 0.25) is 6.41 Å². The standard InChI is InChI=1S/C4H7NO2/c6-2-4-1-5(4)3-7/h3-4,6H,1-2H2. The molecule has 1 unspecified atom stereocenters. The third-order valence-electron chi connectivity index (χ3n) is 1.10. The maximum absolute atomic E-state index is 9.75. The van der Waals surface area contributed by atoms with Gasteiger partial charge in [-0.1, -0.05) is 0 Å². The van der Waals surface area contributed by atoms with Crippen LogP contribution in [0.15, 0.2) is 0 Å². The minimum Gasteiger partial charge on any atom is -0.394 e. The van der Waals surface area contributed by atoms with Crippen molar-refractivity contribution in [3.63, 3.8) is 0 Å². The van der Waals surface area contributed by atoms with Gasteiger partial charge in [0.25, 0.3) is 0 Å².